The van der Waals surface area contributed by atoms with E-state index in [0.29, 0.717) is 22.8 Å². The summed E-state index contributed by atoms with van der Waals surface area (Å²) in [5.74, 6) is -0.340. The summed E-state index contributed by atoms with van der Waals surface area (Å²) in [5, 5.41) is 10.4. The standard InChI is InChI=1S/C16H17ClFNO/c1-11(20)14-7-4-8-15(18)16(14)19(2)10-12-5-3-6-13(17)9-12/h3-9,11,20H,10H2,1-2H3/t11-/m1/s1. The van der Waals surface area contributed by atoms with Crippen molar-refractivity contribution in [3.63, 3.8) is 0 Å². The monoisotopic (exact) mass is 293 g/mol. The van der Waals surface area contributed by atoms with Crippen LogP contribution < -0.4 is 4.90 Å². The fraction of sp³-hybridized carbons (Fsp3) is 0.250. The van der Waals surface area contributed by atoms with Crippen molar-refractivity contribution >= 4 is 17.3 Å². The lowest BCUT2D eigenvalue weighted by molar-refractivity contribution is 0.199. The highest BCUT2D eigenvalue weighted by atomic mass is 35.5. The molecule has 0 unspecified atom stereocenters. The third-order valence-electron chi connectivity index (χ3n) is 3.16. The molecule has 2 aromatic carbocycles. The van der Waals surface area contributed by atoms with Crippen LogP contribution in [-0.4, -0.2) is 12.2 Å². The highest BCUT2D eigenvalue weighted by Gasteiger charge is 2.16. The van der Waals surface area contributed by atoms with Crippen LogP contribution in [0.15, 0.2) is 42.5 Å². The Morgan fingerprint density at radius 3 is 2.60 bits per heavy atom. The first-order chi connectivity index (χ1) is 9.49. The number of aliphatic hydroxyl groups is 1. The molecule has 0 aliphatic heterocycles. The lowest BCUT2D eigenvalue weighted by Gasteiger charge is -2.24. The van der Waals surface area contributed by atoms with Crippen molar-refractivity contribution in [2.45, 2.75) is 19.6 Å². The number of nitrogens with zero attached hydrogens (tertiary/aromatic N) is 1. The molecule has 0 fully saturated rings. The van der Waals surface area contributed by atoms with Gasteiger partial charge in [-0.05, 0) is 30.7 Å². The van der Waals surface area contributed by atoms with Crippen molar-refractivity contribution in [1.29, 1.82) is 0 Å². The summed E-state index contributed by atoms with van der Waals surface area (Å²) in [6.45, 7) is 2.15. The van der Waals surface area contributed by atoms with Crippen LogP contribution in [0.2, 0.25) is 5.02 Å². The summed E-state index contributed by atoms with van der Waals surface area (Å²) in [5.41, 5.74) is 1.98. The minimum atomic E-state index is -0.720. The van der Waals surface area contributed by atoms with Crippen LogP contribution in [0, 0.1) is 5.82 Å². The molecule has 0 aliphatic rings. The summed E-state index contributed by atoms with van der Waals surface area (Å²) in [6.07, 6.45) is -0.720. The molecule has 0 heterocycles. The Bertz CT molecular complexity index is 601. The second-order valence-electron chi connectivity index (χ2n) is 4.84. The number of halogens is 2. The smallest absolute Gasteiger partial charge is 0.146 e. The lowest BCUT2D eigenvalue weighted by Crippen LogP contribution is -2.20. The molecule has 0 aliphatic carbocycles. The van der Waals surface area contributed by atoms with E-state index in [1.807, 2.05) is 18.2 Å². The molecule has 1 atom stereocenters. The summed E-state index contributed by atoms with van der Waals surface area (Å²) in [4.78, 5) is 1.78. The zero-order chi connectivity index (χ0) is 14.7. The molecule has 2 nitrogen and oxygen atoms in total. The molecule has 0 saturated carbocycles. The number of benzene rings is 2. The fourth-order valence-electron chi connectivity index (χ4n) is 2.26. The molecule has 2 aromatic rings. The molecular weight excluding hydrogens is 277 g/mol. The van der Waals surface area contributed by atoms with Crippen molar-refractivity contribution in [2.24, 2.45) is 0 Å². The number of hydrogen-bond acceptors (Lipinski definition) is 2. The second-order valence-corrected chi connectivity index (χ2v) is 5.28. The minimum Gasteiger partial charge on any atom is -0.389 e. The van der Waals surface area contributed by atoms with Gasteiger partial charge in [-0.25, -0.2) is 4.39 Å². The quantitative estimate of drug-likeness (QED) is 0.914. The molecule has 0 bridgehead atoms. The molecule has 2 rings (SSSR count). The van der Waals surface area contributed by atoms with Crippen molar-refractivity contribution in [3.8, 4) is 0 Å². The van der Waals surface area contributed by atoms with Crippen LogP contribution in [0.1, 0.15) is 24.2 Å². The van der Waals surface area contributed by atoms with E-state index in [-0.39, 0.29) is 5.82 Å². The summed E-state index contributed by atoms with van der Waals surface area (Å²) in [6, 6.07) is 12.2. The minimum absolute atomic E-state index is 0.340. The maximum absolute atomic E-state index is 14.1. The maximum Gasteiger partial charge on any atom is 0.146 e. The van der Waals surface area contributed by atoms with Gasteiger partial charge in [0.15, 0.2) is 0 Å². The van der Waals surface area contributed by atoms with Gasteiger partial charge in [-0.2, -0.15) is 0 Å². The first kappa shape index (κ1) is 14.8. The Kier molecular flexibility index (Phi) is 4.63. The van der Waals surface area contributed by atoms with E-state index < -0.39 is 6.10 Å². The third kappa shape index (κ3) is 3.30. The van der Waals surface area contributed by atoms with Crippen molar-refractivity contribution in [3.05, 3.63) is 64.4 Å². The molecule has 0 radical (unpaired) electrons. The molecular formula is C16H17ClFNO. The average molecular weight is 294 g/mol. The number of para-hydroxylation sites is 1. The number of anilines is 1. The SMILES string of the molecule is C[C@@H](O)c1cccc(F)c1N(C)Cc1cccc(Cl)c1. The van der Waals surface area contributed by atoms with Crippen LogP contribution in [-0.2, 0) is 6.54 Å². The van der Waals surface area contributed by atoms with Gasteiger partial charge in [0.1, 0.15) is 5.82 Å². The van der Waals surface area contributed by atoms with Crippen LogP contribution in [0.25, 0.3) is 0 Å². The van der Waals surface area contributed by atoms with E-state index >= 15 is 0 Å². The Morgan fingerprint density at radius 1 is 1.25 bits per heavy atom. The van der Waals surface area contributed by atoms with Gasteiger partial charge in [0.25, 0.3) is 0 Å². The molecule has 0 aromatic heterocycles. The second kappa shape index (κ2) is 6.25. The summed E-state index contributed by atoms with van der Waals surface area (Å²) in [7, 11) is 1.80. The van der Waals surface area contributed by atoms with Gasteiger partial charge in [0.05, 0.1) is 11.8 Å². The Morgan fingerprint density at radius 2 is 1.95 bits per heavy atom. The predicted octanol–water partition coefficient (Wildman–Crippen LogP) is 4.17. The fourth-order valence-corrected chi connectivity index (χ4v) is 2.47. The predicted molar refractivity (Wildman–Crippen MR) is 80.6 cm³/mol. The summed E-state index contributed by atoms with van der Waals surface area (Å²) >= 11 is 5.95. The molecule has 20 heavy (non-hydrogen) atoms. The van der Waals surface area contributed by atoms with E-state index in [1.54, 1.807) is 37.1 Å². The van der Waals surface area contributed by atoms with Gasteiger partial charge in [0.2, 0.25) is 0 Å². The van der Waals surface area contributed by atoms with E-state index in [2.05, 4.69) is 0 Å². The van der Waals surface area contributed by atoms with Gasteiger partial charge in [-0.3, -0.25) is 0 Å². The molecule has 0 saturated heterocycles. The van der Waals surface area contributed by atoms with Crippen molar-refractivity contribution < 1.29 is 9.50 Å². The van der Waals surface area contributed by atoms with Gasteiger partial charge in [-0.15, -0.1) is 0 Å². The maximum atomic E-state index is 14.1. The van der Waals surface area contributed by atoms with Gasteiger partial charge in [0, 0.05) is 24.2 Å². The van der Waals surface area contributed by atoms with Crippen LogP contribution in [0.4, 0.5) is 10.1 Å². The molecule has 4 heteroatoms. The average Bonchev–Trinajstić information content (AvgIpc) is 2.38. The highest BCUT2D eigenvalue weighted by molar-refractivity contribution is 6.30. The molecule has 0 amide bonds. The molecule has 106 valence electrons. The topological polar surface area (TPSA) is 23.5 Å². The van der Waals surface area contributed by atoms with Gasteiger partial charge in [-0.1, -0.05) is 35.9 Å². The van der Waals surface area contributed by atoms with Crippen molar-refractivity contribution in [1.82, 2.24) is 0 Å². The van der Waals surface area contributed by atoms with E-state index in [9.17, 15) is 9.50 Å². The zero-order valence-corrected chi connectivity index (χ0v) is 12.2. The van der Waals surface area contributed by atoms with E-state index in [4.69, 9.17) is 11.6 Å². The van der Waals surface area contributed by atoms with E-state index in [0.717, 1.165) is 5.56 Å². The first-order valence-corrected chi connectivity index (χ1v) is 6.79. The Balaban J connectivity index is 2.31. The van der Waals surface area contributed by atoms with Gasteiger partial charge < -0.3 is 10.0 Å². The third-order valence-corrected chi connectivity index (χ3v) is 3.39. The number of rotatable bonds is 4. The molecule has 1 N–H and O–H groups in total. The molecule has 0 spiro atoms. The highest BCUT2D eigenvalue weighted by Crippen LogP contribution is 2.29. The number of hydrogen-bond donors (Lipinski definition) is 1. The summed E-state index contributed by atoms with van der Waals surface area (Å²) < 4.78 is 14.1. The largest absolute Gasteiger partial charge is 0.389 e. The zero-order valence-electron chi connectivity index (χ0n) is 11.5. The first-order valence-electron chi connectivity index (χ1n) is 6.41. The number of aliphatic hydroxyl groups excluding tert-OH is 1. The van der Waals surface area contributed by atoms with E-state index in [1.165, 1.54) is 6.07 Å². The normalized spacial score (nSPS) is 12.2. The van der Waals surface area contributed by atoms with Crippen LogP contribution >= 0.6 is 11.6 Å². The van der Waals surface area contributed by atoms with Crippen LogP contribution in [0.3, 0.4) is 0 Å². The van der Waals surface area contributed by atoms with Crippen molar-refractivity contribution in [2.75, 3.05) is 11.9 Å². The Labute approximate surface area is 123 Å². The van der Waals surface area contributed by atoms with Gasteiger partial charge >= 0.3 is 0 Å². The lowest BCUT2D eigenvalue weighted by atomic mass is 10.1. The Hall–Kier alpha value is -1.58. The van der Waals surface area contributed by atoms with Crippen LogP contribution in [0.5, 0.6) is 0 Å².